The van der Waals surface area contributed by atoms with Gasteiger partial charge in [0.25, 0.3) is 5.91 Å². The summed E-state index contributed by atoms with van der Waals surface area (Å²) in [6.45, 7) is 2.56. The number of methoxy groups -OCH3 is 1. The van der Waals surface area contributed by atoms with Crippen molar-refractivity contribution in [3.63, 3.8) is 0 Å². The summed E-state index contributed by atoms with van der Waals surface area (Å²) < 4.78 is 8.85. The lowest BCUT2D eigenvalue weighted by Crippen LogP contribution is -2.42. The number of amides is 2. The van der Waals surface area contributed by atoms with E-state index < -0.39 is 5.92 Å². The first-order valence-corrected chi connectivity index (χ1v) is 10.6. The van der Waals surface area contributed by atoms with Gasteiger partial charge in [0.1, 0.15) is 23.0 Å². The molecule has 1 atom stereocenters. The molecule has 1 aliphatic rings. The second-order valence-corrected chi connectivity index (χ2v) is 8.24. The van der Waals surface area contributed by atoms with Gasteiger partial charge in [0.2, 0.25) is 5.91 Å². The van der Waals surface area contributed by atoms with Crippen molar-refractivity contribution in [2.75, 3.05) is 19.0 Å². The third-order valence-corrected chi connectivity index (χ3v) is 5.83. The number of aromatic nitrogens is 4. The van der Waals surface area contributed by atoms with Crippen LogP contribution in [0.4, 0.5) is 5.69 Å². The van der Waals surface area contributed by atoms with Crippen LogP contribution in [-0.4, -0.2) is 49.5 Å². The lowest BCUT2D eigenvalue weighted by Gasteiger charge is -2.31. The zero-order valence-electron chi connectivity index (χ0n) is 18.6. The smallest absolute Gasteiger partial charge is 0.274 e. The summed E-state index contributed by atoms with van der Waals surface area (Å²) in [6.07, 6.45) is 5.46. The van der Waals surface area contributed by atoms with Crippen LogP contribution in [0, 0.1) is 6.92 Å². The summed E-state index contributed by atoms with van der Waals surface area (Å²) in [5, 5.41) is 7.45. The number of benzene rings is 1. The molecule has 3 aromatic heterocycles. The number of carbonyl (C=O) groups excluding carboxylic acids is 2. The van der Waals surface area contributed by atoms with Gasteiger partial charge < -0.3 is 19.4 Å². The number of anilines is 1. The highest BCUT2D eigenvalue weighted by atomic mass is 16.5. The van der Waals surface area contributed by atoms with E-state index in [1.54, 1.807) is 35.0 Å². The molecule has 0 saturated carbocycles. The second-order valence-electron chi connectivity index (χ2n) is 8.24. The van der Waals surface area contributed by atoms with Crippen molar-refractivity contribution < 1.29 is 14.3 Å². The molecule has 5 rings (SSSR count). The van der Waals surface area contributed by atoms with E-state index >= 15 is 0 Å². The standard InChI is InChI=1S/C24H24N6O3/c1-15-8-9-29-14-19(25-21(29)10-15)24(32)30-12-16-11-28(2)27-22(16)17(13-30)23(31)26-18-6-4-5-7-20(18)33-3/h4-11,14,17H,12-13H2,1-3H3,(H,26,31)/t17-/m0/s1. The van der Waals surface area contributed by atoms with Crippen LogP contribution in [0.3, 0.4) is 0 Å². The van der Waals surface area contributed by atoms with Gasteiger partial charge in [0.15, 0.2) is 0 Å². The number of ether oxygens (including phenoxy) is 1. The third kappa shape index (κ3) is 3.82. The van der Waals surface area contributed by atoms with Gasteiger partial charge in [0.05, 0.1) is 18.5 Å². The normalized spacial score (nSPS) is 15.4. The van der Waals surface area contributed by atoms with E-state index in [4.69, 9.17) is 4.74 Å². The van der Waals surface area contributed by atoms with Crippen LogP contribution >= 0.6 is 0 Å². The van der Waals surface area contributed by atoms with E-state index in [9.17, 15) is 9.59 Å². The molecule has 0 radical (unpaired) electrons. The molecule has 168 valence electrons. The van der Waals surface area contributed by atoms with Crippen LogP contribution < -0.4 is 10.1 Å². The third-order valence-electron chi connectivity index (χ3n) is 5.83. The summed E-state index contributed by atoms with van der Waals surface area (Å²) in [4.78, 5) is 32.8. The van der Waals surface area contributed by atoms with Crippen molar-refractivity contribution in [3.8, 4) is 5.75 Å². The number of pyridine rings is 1. The summed E-state index contributed by atoms with van der Waals surface area (Å²) in [7, 11) is 3.36. The number of rotatable bonds is 4. The second kappa shape index (κ2) is 8.09. The average Bonchev–Trinajstić information content (AvgIpc) is 3.40. The van der Waals surface area contributed by atoms with Crippen molar-refractivity contribution >= 4 is 23.1 Å². The predicted molar refractivity (Wildman–Crippen MR) is 122 cm³/mol. The first-order valence-electron chi connectivity index (χ1n) is 10.6. The summed E-state index contributed by atoms with van der Waals surface area (Å²) in [5.74, 6) is -0.526. The molecule has 2 amide bonds. The van der Waals surface area contributed by atoms with Gasteiger partial charge in [-0.05, 0) is 36.8 Å². The highest BCUT2D eigenvalue weighted by Gasteiger charge is 2.36. The number of nitrogens with zero attached hydrogens (tertiary/aromatic N) is 5. The zero-order valence-corrected chi connectivity index (χ0v) is 18.6. The summed E-state index contributed by atoms with van der Waals surface area (Å²) in [5.41, 5.74) is 4.22. The molecule has 0 fully saturated rings. The fourth-order valence-corrected chi connectivity index (χ4v) is 4.23. The van der Waals surface area contributed by atoms with E-state index in [1.165, 1.54) is 0 Å². The van der Waals surface area contributed by atoms with E-state index in [0.29, 0.717) is 35.0 Å². The van der Waals surface area contributed by atoms with Crippen LogP contribution in [0.5, 0.6) is 5.75 Å². The molecular weight excluding hydrogens is 420 g/mol. The lowest BCUT2D eigenvalue weighted by atomic mass is 9.95. The predicted octanol–water partition coefficient (Wildman–Crippen LogP) is 2.76. The molecule has 33 heavy (non-hydrogen) atoms. The van der Waals surface area contributed by atoms with Crippen LogP contribution in [0.25, 0.3) is 5.65 Å². The van der Waals surface area contributed by atoms with E-state index in [1.807, 2.05) is 55.0 Å². The van der Waals surface area contributed by atoms with E-state index in [-0.39, 0.29) is 18.4 Å². The molecule has 0 saturated heterocycles. The summed E-state index contributed by atoms with van der Waals surface area (Å²) >= 11 is 0. The first kappa shape index (κ1) is 20.7. The van der Waals surface area contributed by atoms with Crippen LogP contribution in [-0.2, 0) is 18.4 Å². The monoisotopic (exact) mass is 444 g/mol. The van der Waals surface area contributed by atoms with Gasteiger partial charge in [-0.2, -0.15) is 5.10 Å². The van der Waals surface area contributed by atoms with Crippen molar-refractivity contribution in [3.05, 3.63) is 77.5 Å². The van der Waals surface area contributed by atoms with Crippen LogP contribution in [0.2, 0.25) is 0 Å². The van der Waals surface area contributed by atoms with E-state index in [0.717, 1.165) is 11.1 Å². The Hall–Kier alpha value is -4.14. The molecule has 9 nitrogen and oxygen atoms in total. The largest absolute Gasteiger partial charge is 0.495 e. The van der Waals surface area contributed by atoms with Crippen molar-refractivity contribution in [1.82, 2.24) is 24.1 Å². The van der Waals surface area contributed by atoms with Crippen molar-refractivity contribution in [2.24, 2.45) is 7.05 Å². The Labute approximate surface area is 190 Å². The molecule has 1 aliphatic heterocycles. The Kier molecular flexibility index (Phi) is 5.08. The van der Waals surface area contributed by atoms with E-state index in [2.05, 4.69) is 15.4 Å². The molecular formula is C24H24N6O3. The number of nitrogens with one attached hydrogen (secondary N) is 1. The fourth-order valence-electron chi connectivity index (χ4n) is 4.23. The molecule has 0 aliphatic carbocycles. The maximum Gasteiger partial charge on any atom is 0.274 e. The Morgan fingerprint density at radius 1 is 1.18 bits per heavy atom. The number of hydrogen-bond donors (Lipinski definition) is 1. The van der Waals surface area contributed by atoms with Gasteiger partial charge >= 0.3 is 0 Å². The molecule has 4 heterocycles. The molecule has 0 spiro atoms. The quantitative estimate of drug-likeness (QED) is 0.522. The summed E-state index contributed by atoms with van der Waals surface area (Å²) in [6, 6.07) is 11.1. The van der Waals surface area contributed by atoms with Crippen LogP contribution in [0.1, 0.15) is 33.2 Å². The lowest BCUT2D eigenvalue weighted by molar-refractivity contribution is -0.118. The zero-order chi connectivity index (χ0) is 23.1. The highest BCUT2D eigenvalue weighted by molar-refractivity contribution is 5.99. The SMILES string of the molecule is COc1ccccc1NC(=O)[C@H]1CN(C(=O)c2cn3ccc(C)cc3n2)Cc2cn(C)nc21. The maximum atomic E-state index is 13.4. The number of carbonyl (C=O) groups is 2. The molecule has 1 aromatic carbocycles. The van der Waals surface area contributed by atoms with Crippen LogP contribution in [0.15, 0.2) is 55.0 Å². The average molecular weight is 444 g/mol. The fraction of sp³-hybridized carbons (Fsp3) is 0.250. The van der Waals surface area contributed by atoms with Gasteiger partial charge in [0, 0.05) is 44.3 Å². The Morgan fingerprint density at radius 3 is 2.82 bits per heavy atom. The van der Waals surface area contributed by atoms with Gasteiger partial charge in [-0.1, -0.05) is 12.1 Å². The minimum Gasteiger partial charge on any atom is -0.495 e. The minimum absolute atomic E-state index is 0.205. The van der Waals surface area contributed by atoms with Gasteiger partial charge in [-0.25, -0.2) is 4.98 Å². The molecule has 0 bridgehead atoms. The number of fused-ring (bicyclic) bond motifs is 2. The highest BCUT2D eigenvalue weighted by Crippen LogP contribution is 2.31. The molecule has 0 unspecified atom stereocenters. The van der Waals surface area contributed by atoms with Gasteiger partial charge in [-0.15, -0.1) is 0 Å². The maximum absolute atomic E-state index is 13.4. The molecule has 9 heteroatoms. The Bertz CT molecular complexity index is 1370. The number of aryl methyl sites for hydroxylation is 2. The van der Waals surface area contributed by atoms with Crippen molar-refractivity contribution in [2.45, 2.75) is 19.4 Å². The Morgan fingerprint density at radius 2 is 2.00 bits per heavy atom. The van der Waals surface area contributed by atoms with Crippen molar-refractivity contribution in [1.29, 1.82) is 0 Å². The number of hydrogen-bond acceptors (Lipinski definition) is 5. The minimum atomic E-state index is -0.622. The number of imidazole rings is 1. The molecule has 4 aromatic rings. The van der Waals surface area contributed by atoms with Gasteiger partial charge in [-0.3, -0.25) is 14.3 Å². The molecule has 1 N–H and O–H groups in total. The number of para-hydroxylation sites is 2. The topological polar surface area (TPSA) is 93.8 Å². The Balaban J connectivity index is 1.44. The first-order chi connectivity index (χ1) is 15.9.